The Kier molecular flexibility index (Phi) is 4.67. The van der Waals surface area contributed by atoms with E-state index in [-0.39, 0.29) is 17.9 Å². The highest BCUT2D eigenvalue weighted by Gasteiger charge is 2.25. The molecule has 1 aliphatic rings. The summed E-state index contributed by atoms with van der Waals surface area (Å²) in [6, 6.07) is 20.3. The van der Waals surface area contributed by atoms with Crippen LogP contribution >= 0.6 is 0 Å². The summed E-state index contributed by atoms with van der Waals surface area (Å²) in [5.74, 6) is -0.388. The van der Waals surface area contributed by atoms with Crippen LogP contribution in [0.2, 0.25) is 0 Å². The molecule has 0 unspecified atom stereocenters. The molecule has 0 amide bonds. The number of nitrogens with zero attached hydrogens (tertiary/aromatic N) is 1. The van der Waals surface area contributed by atoms with Crippen LogP contribution in [0.1, 0.15) is 17.5 Å². The van der Waals surface area contributed by atoms with Crippen LogP contribution in [0.4, 0.5) is 0 Å². The highest BCUT2D eigenvalue weighted by molar-refractivity contribution is 6.13. The van der Waals surface area contributed by atoms with E-state index in [9.17, 15) is 4.79 Å². The van der Waals surface area contributed by atoms with E-state index >= 15 is 0 Å². The number of benzene rings is 2. The van der Waals surface area contributed by atoms with Gasteiger partial charge in [0.25, 0.3) is 0 Å². The lowest BCUT2D eigenvalue weighted by Crippen LogP contribution is -2.15. The molecule has 0 aromatic heterocycles. The molecule has 3 rings (SSSR count). The Morgan fingerprint density at radius 3 is 2.04 bits per heavy atom. The third kappa shape index (κ3) is 3.57. The van der Waals surface area contributed by atoms with Crippen molar-refractivity contribution in [1.82, 2.24) is 0 Å². The quantitative estimate of drug-likeness (QED) is 0.491. The summed E-state index contributed by atoms with van der Waals surface area (Å²) in [4.78, 5) is 16.6. The maximum Gasteiger partial charge on any atom is 0.312 e. The average molecular weight is 305 g/mol. The molecule has 0 heterocycles. The molecule has 2 aromatic rings. The van der Waals surface area contributed by atoms with Gasteiger partial charge in [0, 0.05) is 11.1 Å². The van der Waals surface area contributed by atoms with Crippen LogP contribution in [0.5, 0.6) is 0 Å². The fourth-order valence-electron chi connectivity index (χ4n) is 2.78. The Hall–Kier alpha value is -2.68. The lowest BCUT2D eigenvalue weighted by Gasteiger charge is -2.12. The fourth-order valence-corrected chi connectivity index (χ4v) is 2.78. The monoisotopic (exact) mass is 305 g/mol. The van der Waals surface area contributed by atoms with E-state index in [2.05, 4.69) is 24.3 Å². The van der Waals surface area contributed by atoms with E-state index in [0.29, 0.717) is 6.42 Å². The highest BCUT2D eigenvalue weighted by atomic mass is 16.5. The number of carbonyl (C=O) groups excluding carboxylic acids is 1. The molecule has 116 valence electrons. The molecule has 1 aliphatic carbocycles. The van der Waals surface area contributed by atoms with Gasteiger partial charge >= 0.3 is 5.97 Å². The van der Waals surface area contributed by atoms with E-state index < -0.39 is 0 Å². The second kappa shape index (κ2) is 7.05. The summed E-state index contributed by atoms with van der Waals surface area (Å²) in [6.45, 7) is 0. The van der Waals surface area contributed by atoms with E-state index in [1.807, 2.05) is 48.6 Å². The Bertz CT molecular complexity index is 678. The number of esters is 1. The zero-order valence-electron chi connectivity index (χ0n) is 13.1. The number of aliphatic imine (C=N–C) groups is 1. The summed E-state index contributed by atoms with van der Waals surface area (Å²) in [7, 11) is 1.42. The van der Waals surface area contributed by atoms with Crippen molar-refractivity contribution in [1.29, 1.82) is 0 Å². The zero-order chi connectivity index (χ0) is 16.1. The van der Waals surface area contributed by atoms with Crippen molar-refractivity contribution in [3.8, 4) is 0 Å². The predicted molar refractivity (Wildman–Crippen MR) is 91.6 cm³/mol. The van der Waals surface area contributed by atoms with Gasteiger partial charge in [0.1, 0.15) is 0 Å². The Balaban J connectivity index is 1.91. The Morgan fingerprint density at radius 2 is 1.52 bits per heavy atom. The first-order chi connectivity index (χ1) is 11.3. The summed E-state index contributed by atoms with van der Waals surface area (Å²) in [6.07, 6.45) is 4.55. The third-order valence-corrected chi connectivity index (χ3v) is 3.95. The first-order valence-electron chi connectivity index (χ1n) is 7.72. The van der Waals surface area contributed by atoms with Crippen LogP contribution in [0, 0.1) is 5.92 Å². The fraction of sp³-hybridized carbons (Fsp3) is 0.200. The van der Waals surface area contributed by atoms with E-state index in [4.69, 9.17) is 9.73 Å². The van der Waals surface area contributed by atoms with Gasteiger partial charge in [-0.1, -0.05) is 72.8 Å². The second-order valence-electron chi connectivity index (χ2n) is 5.53. The maximum atomic E-state index is 11.7. The van der Waals surface area contributed by atoms with Gasteiger partial charge < -0.3 is 4.74 Å². The van der Waals surface area contributed by atoms with Crippen LogP contribution in [0.15, 0.2) is 77.8 Å². The molecule has 0 radical (unpaired) electrons. The second-order valence-corrected chi connectivity index (χ2v) is 5.53. The average Bonchev–Trinajstić information content (AvgIpc) is 3.09. The normalized spacial score (nSPS) is 19.3. The lowest BCUT2D eigenvalue weighted by molar-refractivity contribution is -0.143. The summed E-state index contributed by atoms with van der Waals surface area (Å²) in [5, 5.41) is 0. The minimum absolute atomic E-state index is 0.00508. The molecule has 0 saturated carbocycles. The molecule has 2 aromatic carbocycles. The van der Waals surface area contributed by atoms with Crippen LogP contribution in [-0.2, 0) is 9.53 Å². The molecular weight excluding hydrogens is 286 g/mol. The van der Waals surface area contributed by atoms with Gasteiger partial charge in [-0.2, -0.15) is 0 Å². The van der Waals surface area contributed by atoms with Gasteiger partial charge in [-0.3, -0.25) is 9.79 Å². The number of rotatable bonds is 4. The minimum atomic E-state index is -0.195. The van der Waals surface area contributed by atoms with E-state index in [0.717, 1.165) is 16.8 Å². The van der Waals surface area contributed by atoms with Crippen molar-refractivity contribution in [3.63, 3.8) is 0 Å². The SMILES string of the molecule is COC(=O)[C@@H]1C=C[C@H](N=C(c2ccccc2)c2ccccc2)C1. The molecule has 0 fully saturated rings. The highest BCUT2D eigenvalue weighted by Crippen LogP contribution is 2.23. The standard InChI is InChI=1S/C20H19NO2/c1-23-20(22)17-12-13-18(14-17)21-19(15-8-4-2-5-9-15)16-10-6-3-7-11-16/h2-13,17-18H,14H2,1H3/t17-,18+/m1/s1. The van der Waals surface area contributed by atoms with Gasteiger partial charge in [-0.05, 0) is 6.42 Å². The van der Waals surface area contributed by atoms with Gasteiger partial charge in [-0.25, -0.2) is 0 Å². The molecule has 2 atom stereocenters. The molecule has 3 heteroatoms. The summed E-state index contributed by atoms with van der Waals surface area (Å²) >= 11 is 0. The summed E-state index contributed by atoms with van der Waals surface area (Å²) < 4.78 is 4.82. The first kappa shape index (κ1) is 15.2. The van der Waals surface area contributed by atoms with Crippen molar-refractivity contribution >= 4 is 11.7 Å². The smallest absolute Gasteiger partial charge is 0.312 e. The van der Waals surface area contributed by atoms with Crippen LogP contribution < -0.4 is 0 Å². The van der Waals surface area contributed by atoms with Crippen molar-refractivity contribution in [2.75, 3.05) is 7.11 Å². The molecule has 3 nitrogen and oxygen atoms in total. The minimum Gasteiger partial charge on any atom is -0.469 e. The molecule has 0 aliphatic heterocycles. The van der Waals surface area contributed by atoms with Crippen LogP contribution in [0.3, 0.4) is 0 Å². The number of carbonyl (C=O) groups is 1. The van der Waals surface area contributed by atoms with Gasteiger partial charge in [-0.15, -0.1) is 0 Å². The van der Waals surface area contributed by atoms with Gasteiger partial charge in [0.05, 0.1) is 24.8 Å². The lowest BCUT2D eigenvalue weighted by atomic mass is 10.0. The molecule has 0 bridgehead atoms. The Morgan fingerprint density at radius 1 is 0.957 bits per heavy atom. The number of hydrogen-bond donors (Lipinski definition) is 0. The molecule has 23 heavy (non-hydrogen) atoms. The number of hydrogen-bond acceptors (Lipinski definition) is 3. The van der Waals surface area contributed by atoms with E-state index in [1.165, 1.54) is 7.11 Å². The first-order valence-corrected chi connectivity index (χ1v) is 7.72. The van der Waals surface area contributed by atoms with Crippen molar-refractivity contribution in [2.45, 2.75) is 12.5 Å². The molecule has 0 N–H and O–H groups in total. The third-order valence-electron chi connectivity index (χ3n) is 3.95. The topological polar surface area (TPSA) is 38.7 Å². The number of ether oxygens (including phenoxy) is 1. The van der Waals surface area contributed by atoms with Crippen LogP contribution in [-0.4, -0.2) is 24.8 Å². The molecule has 0 saturated heterocycles. The predicted octanol–water partition coefficient (Wildman–Crippen LogP) is 3.64. The number of methoxy groups -OCH3 is 1. The Labute approximate surface area is 136 Å². The van der Waals surface area contributed by atoms with Gasteiger partial charge in [0.15, 0.2) is 0 Å². The van der Waals surface area contributed by atoms with Gasteiger partial charge in [0.2, 0.25) is 0 Å². The van der Waals surface area contributed by atoms with Crippen molar-refractivity contribution in [3.05, 3.63) is 83.9 Å². The molecule has 0 spiro atoms. The largest absolute Gasteiger partial charge is 0.469 e. The zero-order valence-corrected chi connectivity index (χ0v) is 13.1. The molecular formula is C20H19NO2. The van der Waals surface area contributed by atoms with Crippen LogP contribution in [0.25, 0.3) is 0 Å². The summed E-state index contributed by atoms with van der Waals surface area (Å²) in [5.41, 5.74) is 3.11. The van der Waals surface area contributed by atoms with Crippen molar-refractivity contribution < 1.29 is 9.53 Å². The van der Waals surface area contributed by atoms with Crippen molar-refractivity contribution in [2.24, 2.45) is 10.9 Å². The maximum absolute atomic E-state index is 11.7. The van der Waals surface area contributed by atoms with E-state index in [1.54, 1.807) is 0 Å².